The van der Waals surface area contributed by atoms with Crippen molar-refractivity contribution in [2.75, 3.05) is 25.2 Å². The lowest BCUT2D eigenvalue weighted by Gasteiger charge is -2.29. The van der Waals surface area contributed by atoms with Crippen molar-refractivity contribution < 1.29 is 14.6 Å². The molecular formula is C14H19N3O3S. The monoisotopic (exact) mass is 309 g/mol. The van der Waals surface area contributed by atoms with Crippen LogP contribution >= 0.6 is 11.3 Å². The molecule has 3 rings (SSSR count). The number of aromatic nitrogens is 2. The predicted octanol–water partition coefficient (Wildman–Crippen LogP) is 2.35. The highest BCUT2D eigenvalue weighted by Crippen LogP contribution is 2.37. The standard InChI is InChI=1S/C14H19N3O3S/c1-9(10-3-4-10)16(5-7-20-2)12-11(13(18)19)17-6-8-21-14(17)15-12/h6,8-10H,3-5,7H2,1-2H3,(H,18,19). The topological polar surface area (TPSA) is 67.1 Å². The van der Waals surface area contributed by atoms with Crippen LogP contribution in [0.25, 0.3) is 4.96 Å². The number of imidazole rings is 1. The van der Waals surface area contributed by atoms with Crippen molar-refractivity contribution in [1.82, 2.24) is 9.38 Å². The first-order chi connectivity index (χ1) is 10.1. The molecule has 114 valence electrons. The van der Waals surface area contributed by atoms with Gasteiger partial charge in [0.2, 0.25) is 0 Å². The van der Waals surface area contributed by atoms with Gasteiger partial charge in [-0.3, -0.25) is 4.40 Å². The fourth-order valence-electron chi connectivity index (χ4n) is 2.70. The van der Waals surface area contributed by atoms with E-state index in [1.807, 2.05) is 5.38 Å². The molecule has 2 aromatic heterocycles. The van der Waals surface area contributed by atoms with Crippen molar-refractivity contribution in [3.05, 3.63) is 17.3 Å². The molecule has 0 bridgehead atoms. The van der Waals surface area contributed by atoms with E-state index in [9.17, 15) is 9.90 Å². The number of thiazole rings is 1. The molecule has 1 atom stereocenters. The van der Waals surface area contributed by atoms with E-state index in [0.29, 0.717) is 29.8 Å². The number of hydrogen-bond donors (Lipinski definition) is 1. The Morgan fingerprint density at radius 1 is 1.67 bits per heavy atom. The molecule has 0 aliphatic heterocycles. The van der Waals surface area contributed by atoms with E-state index in [-0.39, 0.29) is 11.7 Å². The van der Waals surface area contributed by atoms with Crippen LogP contribution in [-0.4, -0.2) is 46.8 Å². The molecule has 1 unspecified atom stereocenters. The number of carboxylic acids is 1. The van der Waals surface area contributed by atoms with Crippen molar-refractivity contribution >= 4 is 28.1 Å². The Bertz CT molecular complexity index is 647. The largest absolute Gasteiger partial charge is 0.476 e. The molecule has 1 fully saturated rings. The molecule has 0 aromatic carbocycles. The SMILES string of the molecule is COCCN(c1nc2sccn2c1C(=O)O)C(C)C1CC1. The number of ether oxygens (including phenoxy) is 1. The molecule has 2 aromatic rings. The van der Waals surface area contributed by atoms with Gasteiger partial charge in [-0.15, -0.1) is 11.3 Å². The summed E-state index contributed by atoms with van der Waals surface area (Å²) in [6.07, 6.45) is 4.17. The van der Waals surface area contributed by atoms with Gasteiger partial charge in [0.05, 0.1) is 6.61 Å². The summed E-state index contributed by atoms with van der Waals surface area (Å²) < 4.78 is 6.83. The number of nitrogens with zero attached hydrogens (tertiary/aromatic N) is 3. The normalized spacial score (nSPS) is 16.3. The average Bonchev–Trinajstić information content (AvgIpc) is 3.09. The third-order valence-electron chi connectivity index (χ3n) is 4.05. The zero-order chi connectivity index (χ0) is 15.0. The molecule has 0 radical (unpaired) electrons. The number of fused-ring (bicyclic) bond motifs is 1. The first-order valence-corrected chi connectivity index (χ1v) is 7.96. The molecule has 0 amide bonds. The van der Waals surface area contributed by atoms with Crippen LogP contribution in [0.3, 0.4) is 0 Å². The fourth-order valence-corrected chi connectivity index (χ4v) is 3.41. The summed E-state index contributed by atoms with van der Waals surface area (Å²) in [5, 5.41) is 11.4. The van der Waals surface area contributed by atoms with Gasteiger partial charge in [-0.1, -0.05) is 0 Å². The fraction of sp³-hybridized carbons (Fsp3) is 0.571. The van der Waals surface area contributed by atoms with E-state index >= 15 is 0 Å². The van der Waals surface area contributed by atoms with Crippen molar-refractivity contribution in [1.29, 1.82) is 0 Å². The zero-order valence-corrected chi connectivity index (χ0v) is 13.0. The van der Waals surface area contributed by atoms with Crippen LogP contribution in [0.1, 0.15) is 30.3 Å². The Morgan fingerprint density at radius 2 is 2.43 bits per heavy atom. The van der Waals surface area contributed by atoms with Gasteiger partial charge in [-0.2, -0.15) is 0 Å². The second-order valence-electron chi connectivity index (χ2n) is 5.41. The second kappa shape index (κ2) is 5.65. The summed E-state index contributed by atoms with van der Waals surface area (Å²) in [5.74, 6) is 0.246. The molecule has 0 spiro atoms. The molecule has 21 heavy (non-hydrogen) atoms. The highest BCUT2D eigenvalue weighted by atomic mass is 32.1. The summed E-state index contributed by atoms with van der Waals surface area (Å²) in [6.45, 7) is 3.35. The smallest absolute Gasteiger partial charge is 0.356 e. The van der Waals surface area contributed by atoms with Crippen LogP contribution in [-0.2, 0) is 4.74 Å². The lowest BCUT2D eigenvalue weighted by molar-refractivity contribution is 0.0690. The summed E-state index contributed by atoms with van der Waals surface area (Å²) in [5.41, 5.74) is 0.245. The van der Waals surface area contributed by atoms with Crippen molar-refractivity contribution in [2.24, 2.45) is 5.92 Å². The second-order valence-corrected chi connectivity index (χ2v) is 6.28. The maximum atomic E-state index is 11.7. The number of aromatic carboxylic acids is 1. The Morgan fingerprint density at radius 3 is 3.05 bits per heavy atom. The lowest BCUT2D eigenvalue weighted by Crippen LogP contribution is -2.38. The molecule has 6 nitrogen and oxygen atoms in total. The van der Waals surface area contributed by atoms with Gasteiger partial charge in [0.25, 0.3) is 0 Å². The summed E-state index contributed by atoms with van der Waals surface area (Å²) in [6, 6.07) is 0.280. The molecule has 2 heterocycles. The Hall–Kier alpha value is -1.60. The minimum Gasteiger partial charge on any atom is -0.476 e. The van der Waals surface area contributed by atoms with Gasteiger partial charge in [-0.05, 0) is 25.7 Å². The van der Waals surface area contributed by atoms with Crippen LogP contribution in [0.5, 0.6) is 0 Å². The highest BCUT2D eigenvalue weighted by Gasteiger charge is 2.35. The maximum absolute atomic E-state index is 11.7. The lowest BCUT2D eigenvalue weighted by atomic mass is 10.1. The molecule has 1 aliphatic rings. The van der Waals surface area contributed by atoms with Gasteiger partial charge in [0.1, 0.15) is 0 Å². The number of carboxylic acid groups (broad SMARTS) is 1. The quantitative estimate of drug-likeness (QED) is 0.850. The number of rotatable bonds is 7. The minimum atomic E-state index is -0.943. The van der Waals surface area contributed by atoms with Gasteiger partial charge in [0.15, 0.2) is 16.5 Å². The van der Waals surface area contributed by atoms with Crippen LogP contribution in [0.15, 0.2) is 11.6 Å². The van der Waals surface area contributed by atoms with E-state index in [1.165, 1.54) is 24.2 Å². The highest BCUT2D eigenvalue weighted by molar-refractivity contribution is 7.15. The van der Waals surface area contributed by atoms with Crippen LogP contribution in [0.4, 0.5) is 5.82 Å². The van der Waals surface area contributed by atoms with E-state index in [4.69, 9.17) is 4.74 Å². The number of anilines is 1. The third-order valence-corrected chi connectivity index (χ3v) is 4.81. The van der Waals surface area contributed by atoms with Gasteiger partial charge >= 0.3 is 5.97 Å². The molecule has 7 heteroatoms. The average molecular weight is 309 g/mol. The van der Waals surface area contributed by atoms with Crippen LogP contribution in [0, 0.1) is 5.92 Å². The van der Waals surface area contributed by atoms with Gasteiger partial charge in [0, 0.05) is 31.3 Å². The van der Waals surface area contributed by atoms with Crippen molar-refractivity contribution in [3.63, 3.8) is 0 Å². The van der Waals surface area contributed by atoms with E-state index in [1.54, 1.807) is 17.7 Å². The predicted molar refractivity (Wildman–Crippen MR) is 81.4 cm³/mol. The number of methoxy groups -OCH3 is 1. The van der Waals surface area contributed by atoms with Crippen LogP contribution < -0.4 is 4.90 Å². The van der Waals surface area contributed by atoms with E-state index < -0.39 is 5.97 Å². The summed E-state index contributed by atoms with van der Waals surface area (Å²) in [4.78, 5) is 19.0. The van der Waals surface area contributed by atoms with Gasteiger partial charge < -0.3 is 14.7 Å². The third kappa shape index (κ3) is 2.63. The van der Waals surface area contributed by atoms with Crippen molar-refractivity contribution in [3.8, 4) is 0 Å². The van der Waals surface area contributed by atoms with Gasteiger partial charge in [-0.25, -0.2) is 9.78 Å². The molecular weight excluding hydrogens is 290 g/mol. The first-order valence-electron chi connectivity index (χ1n) is 7.08. The molecule has 1 N–H and O–H groups in total. The summed E-state index contributed by atoms with van der Waals surface area (Å²) >= 11 is 1.45. The maximum Gasteiger partial charge on any atom is 0.356 e. The molecule has 0 saturated heterocycles. The Balaban J connectivity index is 2.02. The van der Waals surface area contributed by atoms with Crippen molar-refractivity contribution in [2.45, 2.75) is 25.8 Å². The van der Waals surface area contributed by atoms with E-state index in [2.05, 4.69) is 16.8 Å². The van der Waals surface area contributed by atoms with E-state index in [0.717, 1.165) is 0 Å². The Labute approximate surface area is 127 Å². The number of hydrogen-bond acceptors (Lipinski definition) is 5. The number of carbonyl (C=O) groups is 1. The van der Waals surface area contributed by atoms with Crippen LogP contribution in [0.2, 0.25) is 0 Å². The molecule has 1 saturated carbocycles. The Kier molecular flexibility index (Phi) is 3.86. The molecule has 1 aliphatic carbocycles. The first kappa shape index (κ1) is 14.3. The summed E-state index contributed by atoms with van der Waals surface area (Å²) in [7, 11) is 1.66. The minimum absolute atomic E-state index is 0.245. The zero-order valence-electron chi connectivity index (χ0n) is 12.2.